The van der Waals surface area contributed by atoms with Crippen LogP contribution in [-0.2, 0) is 4.79 Å². The van der Waals surface area contributed by atoms with E-state index in [-0.39, 0.29) is 6.54 Å². The van der Waals surface area contributed by atoms with Crippen LogP contribution in [0.5, 0.6) is 0 Å². The van der Waals surface area contributed by atoms with Gasteiger partial charge in [-0.2, -0.15) is 0 Å². The molecule has 1 aliphatic rings. The average Bonchev–Trinajstić information content (AvgIpc) is 2.18. The lowest BCUT2D eigenvalue weighted by Gasteiger charge is -2.07. The maximum Gasteiger partial charge on any atom is 0.405 e. The highest BCUT2D eigenvalue weighted by atomic mass is 16.5. The second-order valence-corrected chi connectivity index (χ2v) is 2.25. The smallest absolute Gasteiger partial charge is 0.405 e. The van der Waals surface area contributed by atoms with E-state index in [1.807, 2.05) is 5.32 Å². The second kappa shape index (κ2) is 2.75. The van der Waals surface area contributed by atoms with Gasteiger partial charge in [-0.1, -0.05) is 0 Å². The second-order valence-electron chi connectivity index (χ2n) is 2.25. The van der Waals surface area contributed by atoms with E-state index < -0.39 is 18.0 Å². The molecule has 1 saturated heterocycles. The van der Waals surface area contributed by atoms with E-state index in [0.717, 1.165) is 0 Å². The van der Waals surface area contributed by atoms with Gasteiger partial charge in [-0.25, -0.2) is 9.86 Å². The summed E-state index contributed by atoms with van der Waals surface area (Å²) >= 11 is 0. The molecule has 62 valence electrons. The first kappa shape index (κ1) is 7.80. The van der Waals surface area contributed by atoms with Crippen LogP contribution in [0.3, 0.4) is 0 Å². The molecule has 0 aromatic carbocycles. The molecule has 3 N–H and O–H groups in total. The minimum Gasteiger partial charge on any atom is -0.465 e. The predicted molar refractivity (Wildman–Crippen MR) is 33.1 cm³/mol. The van der Waals surface area contributed by atoms with Crippen LogP contribution in [0, 0.1) is 0 Å². The van der Waals surface area contributed by atoms with Gasteiger partial charge in [0.25, 0.3) is 5.91 Å². The van der Waals surface area contributed by atoms with Crippen molar-refractivity contribution in [3.63, 3.8) is 0 Å². The molecule has 0 saturated carbocycles. The quantitative estimate of drug-likeness (QED) is 0.440. The summed E-state index contributed by atoms with van der Waals surface area (Å²) < 4.78 is 0. The van der Waals surface area contributed by atoms with E-state index in [1.165, 1.54) is 0 Å². The van der Waals surface area contributed by atoms with Gasteiger partial charge >= 0.3 is 6.09 Å². The van der Waals surface area contributed by atoms with Crippen molar-refractivity contribution in [2.75, 3.05) is 6.54 Å². The Hall–Kier alpha value is -1.30. The Morgan fingerprint density at radius 3 is 2.73 bits per heavy atom. The molecule has 1 aliphatic heterocycles. The van der Waals surface area contributed by atoms with Crippen LogP contribution in [0.15, 0.2) is 0 Å². The van der Waals surface area contributed by atoms with E-state index in [4.69, 9.17) is 10.3 Å². The van der Waals surface area contributed by atoms with Crippen molar-refractivity contribution in [3.8, 4) is 0 Å². The molecule has 0 aromatic rings. The Labute approximate surface area is 62.4 Å². The number of amides is 2. The molecule has 1 atom stereocenters. The first-order chi connectivity index (χ1) is 5.11. The predicted octanol–water partition coefficient (Wildman–Crippen LogP) is -0.756. The van der Waals surface area contributed by atoms with Gasteiger partial charge < -0.3 is 10.4 Å². The molecular formula is C5H8N2O4. The molecule has 2 amide bonds. The van der Waals surface area contributed by atoms with Crippen LogP contribution in [0.4, 0.5) is 4.79 Å². The number of carbonyl (C=O) groups excluding carboxylic acids is 1. The van der Waals surface area contributed by atoms with Crippen LogP contribution >= 0.6 is 0 Å². The van der Waals surface area contributed by atoms with Crippen LogP contribution in [0.2, 0.25) is 0 Å². The van der Waals surface area contributed by atoms with Crippen molar-refractivity contribution in [2.24, 2.45) is 0 Å². The fourth-order valence-corrected chi connectivity index (χ4v) is 0.948. The molecule has 0 aromatic heterocycles. The minimum atomic E-state index is -1.25. The molecule has 1 heterocycles. The summed E-state index contributed by atoms with van der Waals surface area (Å²) in [5.74, 6) is -0.590. The Balaban J connectivity index is 2.49. The van der Waals surface area contributed by atoms with E-state index in [0.29, 0.717) is 11.5 Å². The number of carboxylic acid groups (broad SMARTS) is 1. The van der Waals surface area contributed by atoms with Gasteiger partial charge in [0, 0.05) is 0 Å². The van der Waals surface area contributed by atoms with Crippen molar-refractivity contribution >= 4 is 12.0 Å². The topological polar surface area (TPSA) is 89.9 Å². The van der Waals surface area contributed by atoms with Gasteiger partial charge in [0.15, 0.2) is 0 Å². The van der Waals surface area contributed by atoms with Crippen molar-refractivity contribution in [2.45, 2.75) is 12.5 Å². The number of carbonyl (C=O) groups is 2. The zero-order valence-electron chi connectivity index (χ0n) is 5.65. The van der Waals surface area contributed by atoms with E-state index in [9.17, 15) is 9.59 Å². The van der Waals surface area contributed by atoms with E-state index in [1.54, 1.807) is 0 Å². The zero-order chi connectivity index (χ0) is 8.43. The summed E-state index contributed by atoms with van der Waals surface area (Å²) in [5.41, 5.74) is 0. The first-order valence-corrected chi connectivity index (χ1v) is 3.11. The molecule has 0 aliphatic carbocycles. The van der Waals surface area contributed by atoms with E-state index in [2.05, 4.69) is 0 Å². The van der Waals surface area contributed by atoms with Crippen LogP contribution < -0.4 is 5.32 Å². The Bertz CT molecular complexity index is 193. The molecular weight excluding hydrogens is 152 g/mol. The number of hydrogen-bond donors (Lipinski definition) is 3. The molecule has 1 rings (SSSR count). The van der Waals surface area contributed by atoms with E-state index >= 15 is 0 Å². The lowest BCUT2D eigenvalue weighted by Crippen LogP contribution is -2.39. The number of nitrogens with zero attached hydrogens (tertiary/aromatic N) is 1. The minimum absolute atomic E-state index is 0.184. The summed E-state index contributed by atoms with van der Waals surface area (Å²) in [7, 11) is 0. The van der Waals surface area contributed by atoms with Gasteiger partial charge in [0.05, 0.1) is 6.54 Å². The van der Waals surface area contributed by atoms with Gasteiger partial charge in [-0.05, 0) is 6.42 Å². The summed E-state index contributed by atoms with van der Waals surface area (Å²) in [5, 5.41) is 19.4. The lowest BCUT2D eigenvalue weighted by atomic mass is 10.2. The maximum absolute atomic E-state index is 10.8. The van der Waals surface area contributed by atoms with Gasteiger partial charge in [0.2, 0.25) is 0 Å². The standard InChI is InChI=1S/C5H8N2O4/c8-4-3(6-5(9)10)1-2-7(4)11/h3,6,11H,1-2H2,(H,9,10)/t3-/m1/s1. The molecule has 0 bridgehead atoms. The van der Waals surface area contributed by atoms with Crippen molar-refractivity contribution in [1.82, 2.24) is 10.4 Å². The van der Waals surface area contributed by atoms with Gasteiger partial charge in [-0.3, -0.25) is 10.0 Å². The average molecular weight is 160 g/mol. The van der Waals surface area contributed by atoms with Crippen LogP contribution in [0.25, 0.3) is 0 Å². The summed E-state index contributed by atoms with van der Waals surface area (Å²) in [6.45, 7) is 0.184. The first-order valence-electron chi connectivity index (χ1n) is 3.11. The Kier molecular flexibility index (Phi) is 1.95. The summed E-state index contributed by atoms with van der Waals surface area (Å²) in [4.78, 5) is 20.8. The fourth-order valence-electron chi connectivity index (χ4n) is 0.948. The van der Waals surface area contributed by atoms with Crippen molar-refractivity contribution in [3.05, 3.63) is 0 Å². The third kappa shape index (κ3) is 1.58. The summed E-state index contributed by atoms with van der Waals surface area (Å²) in [6.07, 6.45) is -0.930. The normalized spacial score (nSPS) is 23.9. The third-order valence-electron chi connectivity index (χ3n) is 1.48. The zero-order valence-corrected chi connectivity index (χ0v) is 5.65. The third-order valence-corrected chi connectivity index (χ3v) is 1.48. The highest BCUT2D eigenvalue weighted by molar-refractivity contribution is 5.86. The van der Waals surface area contributed by atoms with Crippen molar-refractivity contribution in [1.29, 1.82) is 0 Å². The molecule has 0 unspecified atom stereocenters. The highest BCUT2D eigenvalue weighted by Crippen LogP contribution is 2.07. The number of rotatable bonds is 1. The van der Waals surface area contributed by atoms with Gasteiger partial charge in [0.1, 0.15) is 6.04 Å². The lowest BCUT2D eigenvalue weighted by molar-refractivity contribution is -0.158. The summed E-state index contributed by atoms with van der Waals surface area (Å²) in [6, 6.07) is -0.780. The number of nitrogens with one attached hydrogen (secondary N) is 1. The molecule has 0 spiro atoms. The molecule has 0 radical (unpaired) electrons. The van der Waals surface area contributed by atoms with Crippen LogP contribution in [-0.4, -0.2) is 40.0 Å². The Morgan fingerprint density at radius 2 is 2.36 bits per heavy atom. The molecule has 6 nitrogen and oxygen atoms in total. The SMILES string of the molecule is O=C(O)N[C@@H]1CCN(O)C1=O. The molecule has 1 fully saturated rings. The molecule has 6 heteroatoms. The largest absolute Gasteiger partial charge is 0.465 e. The number of hydrogen-bond acceptors (Lipinski definition) is 3. The molecule has 11 heavy (non-hydrogen) atoms. The van der Waals surface area contributed by atoms with Gasteiger partial charge in [-0.15, -0.1) is 0 Å². The van der Waals surface area contributed by atoms with Crippen molar-refractivity contribution < 1.29 is 19.9 Å². The monoisotopic (exact) mass is 160 g/mol. The maximum atomic E-state index is 10.8. The number of hydroxylamine groups is 2. The van der Waals surface area contributed by atoms with Crippen LogP contribution in [0.1, 0.15) is 6.42 Å². The highest BCUT2D eigenvalue weighted by Gasteiger charge is 2.31. The Morgan fingerprint density at radius 1 is 1.73 bits per heavy atom. The fraction of sp³-hybridized carbons (Fsp3) is 0.600.